The first-order valence-corrected chi connectivity index (χ1v) is 12.0. The average Bonchev–Trinajstić information content (AvgIpc) is 2.82. The number of carbonyl (C=O) groups is 1. The molecule has 4 rings (SSSR count). The van der Waals surface area contributed by atoms with E-state index in [4.69, 9.17) is 9.47 Å². The quantitative estimate of drug-likeness (QED) is 0.533. The Morgan fingerprint density at radius 3 is 2.32 bits per heavy atom. The van der Waals surface area contributed by atoms with E-state index in [1.54, 1.807) is 24.1 Å². The second-order valence-corrected chi connectivity index (χ2v) is 9.60. The van der Waals surface area contributed by atoms with Gasteiger partial charge in [0.15, 0.2) is 11.3 Å². The highest BCUT2D eigenvalue weighted by Crippen LogP contribution is 2.36. The number of halogens is 3. The number of likely N-dealkylation sites (tertiary alicyclic amines) is 1. The summed E-state index contributed by atoms with van der Waals surface area (Å²) >= 11 is 0. The van der Waals surface area contributed by atoms with E-state index >= 15 is 0 Å². The Hall–Kier alpha value is -3.47. The minimum Gasteiger partial charge on any atom is -0.486 e. The number of aryl methyl sites for hydroxylation is 1. The van der Waals surface area contributed by atoms with Crippen molar-refractivity contribution in [2.75, 3.05) is 20.2 Å². The minimum absolute atomic E-state index is 0.0642. The van der Waals surface area contributed by atoms with Gasteiger partial charge < -0.3 is 19.4 Å². The first-order chi connectivity index (χ1) is 17.4. The van der Waals surface area contributed by atoms with Gasteiger partial charge in [-0.15, -0.1) is 0 Å². The Bertz CT molecular complexity index is 1340. The molecule has 3 aromatic rings. The zero-order valence-electron chi connectivity index (χ0n) is 21.2. The molecule has 2 aromatic heterocycles. The van der Waals surface area contributed by atoms with Crippen LogP contribution in [0.3, 0.4) is 0 Å². The highest BCUT2D eigenvalue weighted by Gasteiger charge is 2.38. The molecule has 1 N–H and O–H groups in total. The lowest BCUT2D eigenvalue weighted by Gasteiger charge is -2.40. The van der Waals surface area contributed by atoms with Crippen LogP contribution < -0.4 is 10.3 Å². The number of amides is 1. The zero-order valence-corrected chi connectivity index (χ0v) is 21.2. The summed E-state index contributed by atoms with van der Waals surface area (Å²) < 4.78 is 52.8. The number of H-pyrrole nitrogens is 1. The Morgan fingerprint density at radius 2 is 1.76 bits per heavy atom. The first kappa shape index (κ1) is 26.6. The molecule has 8 nitrogen and oxygen atoms in total. The average molecular weight is 519 g/mol. The minimum atomic E-state index is -4.78. The lowest BCUT2D eigenvalue weighted by atomic mass is 9.88. The number of aromatic nitrogens is 3. The van der Waals surface area contributed by atoms with Crippen LogP contribution in [0.5, 0.6) is 5.75 Å². The summed E-state index contributed by atoms with van der Waals surface area (Å²) in [5.74, 6) is 0.676. The number of nitrogens with zero attached hydrogens (tertiary/aromatic N) is 3. The van der Waals surface area contributed by atoms with E-state index in [0.29, 0.717) is 18.7 Å². The van der Waals surface area contributed by atoms with E-state index in [9.17, 15) is 22.8 Å². The molecule has 1 aliphatic heterocycles. The molecule has 0 bridgehead atoms. The largest absolute Gasteiger partial charge is 0.486 e. The van der Waals surface area contributed by atoms with Crippen molar-refractivity contribution in [3.63, 3.8) is 0 Å². The van der Waals surface area contributed by atoms with E-state index in [1.165, 1.54) is 26.0 Å². The summed E-state index contributed by atoms with van der Waals surface area (Å²) in [7, 11) is 1.68. The van der Waals surface area contributed by atoms with Gasteiger partial charge in [0.25, 0.3) is 11.5 Å². The number of rotatable bonds is 5. The Balaban J connectivity index is 1.56. The van der Waals surface area contributed by atoms with Gasteiger partial charge in [-0.1, -0.05) is 13.8 Å². The third kappa shape index (κ3) is 5.46. The predicted molar refractivity (Wildman–Crippen MR) is 130 cm³/mol. The molecule has 1 fully saturated rings. The topological polar surface area (TPSA) is 97.4 Å². The molecule has 0 saturated carbocycles. The molecule has 0 spiro atoms. The van der Waals surface area contributed by atoms with Crippen molar-refractivity contribution in [2.45, 2.75) is 46.1 Å². The maximum atomic E-state index is 13.8. The molecule has 37 heavy (non-hydrogen) atoms. The van der Waals surface area contributed by atoms with Crippen molar-refractivity contribution < 1.29 is 27.4 Å². The molecule has 1 saturated heterocycles. The van der Waals surface area contributed by atoms with Gasteiger partial charge >= 0.3 is 6.18 Å². The monoisotopic (exact) mass is 518 g/mol. The number of benzene rings is 1. The number of piperidine rings is 1. The van der Waals surface area contributed by atoms with Crippen LogP contribution in [0.1, 0.15) is 54.3 Å². The van der Waals surface area contributed by atoms with Crippen LogP contribution in [-0.2, 0) is 10.9 Å². The van der Waals surface area contributed by atoms with Crippen LogP contribution >= 0.6 is 0 Å². The van der Waals surface area contributed by atoms with Crippen LogP contribution in [0.25, 0.3) is 11.0 Å². The van der Waals surface area contributed by atoms with E-state index in [1.807, 2.05) is 13.8 Å². The molecule has 3 heterocycles. The van der Waals surface area contributed by atoms with Crippen LogP contribution in [0.4, 0.5) is 13.2 Å². The molecular formula is C26H29F3N4O4. The van der Waals surface area contributed by atoms with Crippen LogP contribution in [-0.4, -0.2) is 52.1 Å². The van der Waals surface area contributed by atoms with Crippen molar-refractivity contribution in [3.05, 3.63) is 63.3 Å². The van der Waals surface area contributed by atoms with Crippen LogP contribution in [0.15, 0.2) is 35.1 Å². The molecule has 1 amide bonds. The van der Waals surface area contributed by atoms with E-state index in [2.05, 4.69) is 15.0 Å². The molecular weight excluding hydrogens is 489 g/mol. The number of aromatic amines is 1. The highest BCUT2D eigenvalue weighted by molar-refractivity contribution is 5.94. The first-order valence-electron chi connectivity index (χ1n) is 12.0. The number of nitrogens with one attached hydrogen (secondary N) is 1. The Morgan fingerprint density at radius 1 is 1.14 bits per heavy atom. The summed E-state index contributed by atoms with van der Waals surface area (Å²) in [6.45, 7) is 8.14. The molecule has 1 aromatic carbocycles. The molecule has 3 unspecified atom stereocenters. The number of pyridine rings is 1. The molecule has 1 aliphatic rings. The van der Waals surface area contributed by atoms with Gasteiger partial charge in [0, 0.05) is 43.2 Å². The van der Waals surface area contributed by atoms with Gasteiger partial charge in [0.05, 0.1) is 11.5 Å². The van der Waals surface area contributed by atoms with Gasteiger partial charge in [-0.05, 0) is 44.2 Å². The standard InChI is InChI=1S/C26H29F3N4O4/c1-13-11-33(12-14(2)21(13)36-5)25(35)17-6-8-18(9-7-17)37-15(3)19-10-20-23(30-16(4)31-24(20)34)32-22(19)26(27,28)29/h6-10,13-15,21H,11-12H2,1-5H3,(H,30,31,32,34). The van der Waals surface area contributed by atoms with Crippen molar-refractivity contribution in [3.8, 4) is 5.75 Å². The SMILES string of the molecule is COC1C(C)CN(C(=O)c2ccc(OC(C)c3cc4c(=O)[nH]c(C)nc4nc3C(F)(F)F)cc2)CC1C. The number of hydrogen-bond acceptors (Lipinski definition) is 6. The van der Waals surface area contributed by atoms with Gasteiger partial charge in [-0.2, -0.15) is 13.2 Å². The number of ether oxygens (including phenoxy) is 2. The molecule has 3 atom stereocenters. The summed E-state index contributed by atoms with van der Waals surface area (Å²) in [5, 5.41) is -0.0642. The number of hydrogen-bond donors (Lipinski definition) is 1. The van der Waals surface area contributed by atoms with Crippen molar-refractivity contribution in [1.82, 2.24) is 19.9 Å². The Labute approximate surface area is 211 Å². The molecule has 198 valence electrons. The molecule has 0 aliphatic carbocycles. The number of alkyl halides is 3. The lowest BCUT2D eigenvalue weighted by molar-refractivity contribution is -0.142. The van der Waals surface area contributed by atoms with Gasteiger partial charge in [0.2, 0.25) is 0 Å². The fourth-order valence-electron chi connectivity index (χ4n) is 5.02. The van der Waals surface area contributed by atoms with Crippen molar-refractivity contribution in [1.29, 1.82) is 0 Å². The lowest BCUT2D eigenvalue weighted by Crippen LogP contribution is -2.50. The van der Waals surface area contributed by atoms with Gasteiger partial charge in [0.1, 0.15) is 17.7 Å². The normalized spacial score (nSPS) is 21.2. The number of methoxy groups -OCH3 is 1. The van der Waals surface area contributed by atoms with Crippen molar-refractivity contribution >= 4 is 16.9 Å². The maximum absolute atomic E-state index is 13.8. The number of carbonyl (C=O) groups excluding carboxylic acids is 1. The van der Waals surface area contributed by atoms with E-state index in [0.717, 1.165) is 6.07 Å². The summed E-state index contributed by atoms with van der Waals surface area (Å²) in [4.78, 5) is 37.2. The zero-order chi connectivity index (χ0) is 27.1. The summed E-state index contributed by atoms with van der Waals surface area (Å²) in [6, 6.07) is 7.37. The summed E-state index contributed by atoms with van der Waals surface area (Å²) in [6.07, 6.45) is -5.78. The van der Waals surface area contributed by atoms with Crippen LogP contribution in [0, 0.1) is 18.8 Å². The van der Waals surface area contributed by atoms with Gasteiger partial charge in [-0.25, -0.2) is 9.97 Å². The molecule has 0 radical (unpaired) electrons. The fraction of sp³-hybridized carbons (Fsp3) is 0.462. The van der Waals surface area contributed by atoms with Gasteiger partial charge in [-0.3, -0.25) is 9.59 Å². The highest BCUT2D eigenvalue weighted by atomic mass is 19.4. The number of fused-ring (bicyclic) bond motifs is 1. The second-order valence-electron chi connectivity index (χ2n) is 9.60. The third-order valence-corrected chi connectivity index (χ3v) is 6.66. The Kier molecular flexibility index (Phi) is 7.27. The smallest absolute Gasteiger partial charge is 0.433 e. The van der Waals surface area contributed by atoms with E-state index < -0.39 is 23.5 Å². The van der Waals surface area contributed by atoms with Crippen LogP contribution in [0.2, 0.25) is 0 Å². The summed E-state index contributed by atoms with van der Waals surface area (Å²) in [5.41, 5.74) is -1.88. The maximum Gasteiger partial charge on any atom is 0.433 e. The molecule has 11 heteroatoms. The third-order valence-electron chi connectivity index (χ3n) is 6.66. The predicted octanol–water partition coefficient (Wildman–Crippen LogP) is 4.53. The fourth-order valence-corrected chi connectivity index (χ4v) is 5.02. The van der Waals surface area contributed by atoms with E-state index in [-0.39, 0.29) is 52.0 Å². The van der Waals surface area contributed by atoms with Crippen molar-refractivity contribution in [2.24, 2.45) is 11.8 Å². The second kappa shape index (κ2) is 10.1.